The molecule has 0 aromatic heterocycles. The molecule has 0 radical (unpaired) electrons. The minimum atomic E-state index is -0.655. The molecule has 1 amide bonds. The number of hydrogen-bond acceptors (Lipinski definition) is 3. The Kier molecular flexibility index (Phi) is 29.5. The molecule has 2 atom stereocenters. The number of carbonyl (C=O) groups excluding carboxylic acids is 1. The Hall–Kier alpha value is -1.13. The van der Waals surface area contributed by atoms with Gasteiger partial charge in [-0.25, -0.2) is 0 Å². The zero-order valence-corrected chi connectivity index (χ0v) is 25.4. The molecule has 0 rings (SSSR count). The average molecular weight is 536 g/mol. The SMILES string of the molecule is CCCCC/C=C\C/C=C\CCCCCCCCCCCC(=O)NC(CO)C(O)CCCCCCCCC. The van der Waals surface area contributed by atoms with E-state index in [0.717, 1.165) is 32.1 Å². The van der Waals surface area contributed by atoms with Gasteiger partial charge in [0.05, 0.1) is 18.8 Å². The van der Waals surface area contributed by atoms with E-state index in [0.29, 0.717) is 12.8 Å². The third-order valence-electron chi connectivity index (χ3n) is 7.47. The summed E-state index contributed by atoms with van der Waals surface area (Å²) in [7, 11) is 0. The van der Waals surface area contributed by atoms with Crippen LogP contribution in [0.4, 0.5) is 0 Å². The van der Waals surface area contributed by atoms with Crippen molar-refractivity contribution in [3.63, 3.8) is 0 Å². The van der Waals surface area contributed by atoms with Crippen molar-refractivity contribution in [3.8, 4) is 0 Å². The molecular formula is C34H65NO3. The van der Waals surface area contributed by atoms with Crippen molar-refractivity contribution in [1.82, 2.24) is 5.32 Å². The van der Waals surface area contributed by atoms with Crippen molar-refractivity contribution in [3.05, 3.63) is 24.3 Å². The number of nitrogens with one attached hydrogen (secondary N) is 1. The van der Waals surface area contributed by atoms with Gasteiger partial charge >= 0.3 is 0 Å². The van der Waals surface area contributed by atoms with E-state index in [-0.39, 0.29) is 12.5 Å². The molecule has 0 saturated heterocycles. The van der Waals surface area contributed by atoms with Crippen LogP contribution < -0.4 is 5.32 Å². The number of rotatable bonds is 29. The molecule has 0 spiro atoms. The molecule has 38 heavy (non-hydrogen) atoms. The second-order valence-electron chi connectivity index (χ2n) is 11.2. The number of unbranched alkanes of at least 4 members (excludes halogenated alkanes) is 18. The van der Waals surface area contributed by atoms with Crippen LogP contribution in [-0.4, -0.2) is 34.9 Å². The summed E-state index contributed by atoms with van der Waals surface area (Å²) in [4.78, 5) is 12.2. The Morgan fingerprint density at radius 2 is 1.08 bits per heavy atom. The summed E-state index contributed by atoms with van der Waals surface area (Å²) >= 11 is 0. The van der Waals surface area contributed by atoms with Gasteiger partial charge in [0.15, 0.2) is 0 Å². The van der Waals surface area contributed by atoms with Gasteiger partial charge in [0, 0.05) is 6.42 Å². The largest absolute Gasteiger partial charge is 0.394 e. The van der Waals surface area contributed by atoms with Crippen molar-refractivity contribution in [2.45, 2.75) is 180 Å². The number of aliphatic hydroxyl groups is 2. The standard InChI is InChI=1S/C34H65NO3/c1-3-5-7-9-11-12-13-14-15-16-17-18-19-20-21-22-24-26-28-30-34(38)35-32(31-36)33(37)29-27-25-23-10-8-6-4-2/h11-12,14-15,32-33,36-37H,3-10,13,16-31H2,1-2H3,(H,35,38)/b12-11-,15-14-. The van der Waals surface area contributed by atoms with Gasteiger partial charge in [0.1, 0.15) is 0 Å². The normalized spacial score (nSPS) is 13.5. The summed E-state index contributed by atoms with van der Waals surface area (Å²) in [5.74, 6) is -0.0419. The van der Waals surface area contributed by atoms with Gasteiger partial charge in [-0.1, -0.05) is 141 Å². The van der Waals surface area contributed by atoms with Crippen molar-refractivity contribution in [2.24, 2.45) is 0 Å². The lowest BCUT2D eigenvalue weighted by atomic mass is 10.0. The molecule has 0 fully saturated rings. The average Bonchev–Trinajstić information content (AvgIpc) is 2.92. The smallest absolute Gasteiger partial charge is 0.220 e. The Labute approximate surface area is 237 Å². The molecular weight excluding hydrogens is 470 g/mol. The summed E-state index contributed by atoms with van der Waals surface area (Å²) in [6.45, 7) is 4.27. The third-order valence-corrected chi connectivity index (χ3v) is 7.47. The number of aliphatic hydroxyl groups excluding tert-OH is 2. The molecule has 0 aliphatic heterocycles. The predicted molar refractivity (Wildman–Crippen MR) is 165 cm³/mol. The lowest BCUT2D eigenvalue weighted by Gasteiger charge is -2.22. The van der Waals surface area contributed by atoms with Crippen molar-refractivity contribution in [1.29, 1.82) is 0 Å². The molecule has 3 N–H and O–H groups in total. The highest BCUT2D eigenvalue weighted by Crippen LogP contribution is 2.13. The van der Waals surface area contributed by atoms with Crippen LogP contribution in [0, 0.1) is 0 Å². The maximum Gasteiger partial charge on any atom is 0.220 e. The number of allylic oxidation sites excluding steroid dienone is 4. The van der Waals surface area contributed by atoms with Crippen LogP contribution in [0.1, 0.15) is 168 Å². The van der Waals surface area contributed by atoms with E-state index in [4.69, 9.17) is 0 Å². The highest BCUT2D eigenvalue weighted by molar-refractivity contribution is 5.76. The molecule has 0 saturated carbocycles. The highest BCUT2D eigenvalue weighted by Gasteiger charge is 2.19. The minimum Gasteiger partial charge on any atom is -0.394 e. The summed E-state index contributed by atoms with van der Waals surface area (Å²) in [5.41, 5.74) is 0. The quantitative estimate of drug-likeness (QED) is 0.0660. The van der Waals surface area contributed by atoms with Gasteiger partial charge in [-0.3, -0.25) is 4.79 Å². The maximum absolute atomic E-state index is 12.2. The lowest BCUT2D eigenvalue weighted by molar-refractivity contribution is -0.123. The molecule has 4 nitrogen and oxygen atoms in total. The van der Waals surface area contributed by atoms with E-state index in [1.807, 2.05) is 0 Å². The van der Waals surface area contributed by atoms with Crippen LogP contribution in [0.15, 0.2) is 24.3 Å². The minimum absolute atomic E-state index is 0.0419. The van der Waals surface area contributed by atoms with E-state index in [1.54, 1.807) is 0 Å². The molecule has 0 aromatic carbocycles. The van der Waals surface area contributed by atoms with Gasteiger partial charge in [-0.05, 0) is 44.9 Å². The van der Waals surface area contributed by atoms with E-state index < -0.39 is 12.1 Å². The fourth-order valence-electron chi connectivity index (χ4n) is 4.86. The van der Waals surface area contributed by atoms with E-state index in [9.17, 15) is 15.0 Å². The summed E-state index contributed by atoms with van der Waals surface area (Å²) < 4.78 is 0. The fourth-order valence-corrected chi connectivity index (χ4v) is 4.86. The Bertz CT molecular complexity index is 546. The number of hydrogen-bond donors (Lipinski definition) is 3. The zero-order valence-electron chi connectivity index (χ0n) is 25.4. The van der Waals surface area contributed by atoms with Crippen molar-refractivity contribution < 1.29 is 15.0 Å². The van der Waals surface area contributed by atoms with Crippen LogP contribution in [-0.2, 0) is 4.79 Å². The summed E-state index contributed by atoms with van der Waals surface area (Å²) in [6.07, 6.45) is 36.6. The van der Waals surface area contributed by atoms with Gasteiger partial charge in [-0.2, -0.15) is 0 Å². The van der Waals surface area contributed by atoms with E-state index in [1.165, 1.54) is 109 Å². The lowest BCUT2D eigenvalue weighted by Crippen LogP contribution is -2.45. The summed E-state index contributed by atoms with van der Waals surface area (Å²) in [5, 5.41) is 22.8. The van der Waals surface area contributed by atoms with Crippen molar-refractivity contribution in [2.75, 3.05) is 6.61 Å². The Balaban J connectivity index is 3.54. The van der Waals surface area contributed by atoms with Crippen LogP contribution >= 0.6 is 0 Å². The molecule has 0 bridgehead atoms. The van der Waals surface area contributed by atoms with E-state index >= 15 is 0 Å². The van der Waals surface area contributed by atoms with Gasteiger partial charge in [0.2, 0.25) is 5.91 Å². The molecule has 0 aromatic rings. The summed E-state index contributed by atoms with van der Waals surface area (Å²) in [6, 6.07) is -0.532. The van der Waals surface area contributed by atoms with Gasteiger partial charge in [0.25, 0.3) is 0 Å². The molecule has 0 heterocycles. The third kappa shape index (κ3) is 26.5. The first-order valence-electron chi connectivity index (χ1n) is 16.5. The molecule has 2 unspecified atom stereocenters. The number of amides is 1. The van der Waals surface area contributed by atoms with Crippen molar-refractivity contribution >= 4 is 5.91 Å². The van der Waals surface area contributed by atoms with Gasteiger partial charge in [-0.15, -0.1) is 0 Å². The van der Waals surface area contributed by atoms with Crippen LogP contribution in [0.2, 0.25) is 0 Å². The Morgan fingerprint density at radius 1 is 0.632 bits per heavy atom. The van der Waals surface area contributed by atoms with Crippen LogP contribution in [0.3, 0.4) is 0 Å². The predicted octanol–water partition coefficient (Wildman–Crippen LogP) is 9.34. The van der Waals surface area contributed by atoms with E-state index in [2.05, 4.69) is 43.5 Å². The van der Waals surface area contributed by atoms with Gasteiger partial charge < -0.3 is 15.5 Å². The maximum atomic E-state index is 12.2. The topological polar surface area (TPSA) is 69.6 Å². The second kappa shape index (κ2) is 30.4. The molecule has 0 aliphatic rings. The monoisotopic (exact) mass is 535 g/mol. The first kappa shape index (κ1) is 36.9. The highest BCUT2D eigenvalue weighted by atomic mass is 16.3. The first-order valence-corrected chi connectivity index (χ1v) is 16.5. The first-order chi connectivity index (χ1) is 18.7. The molecule has 224 valence electrons. The van der Waals surface area contributed by atoms with Crippen LogP contribution in [0.25, 0.3) is 0 Å². The molecule has 0 aliphatic carbocycles. The Morgan fingerprint density at radius 3 is 1.63 bits per heavy atom. The fraction of sp³-hybridized carbons (Fsp3) is 0.853. The van der Waals surface area contributed by atoms with Crippen LogP contribution in [0.5, 0.6) is 0 Å². The number of carbonyl (C=O) groups is 1. The zero-order chi connectivity index (χ0) is 27.9. The second-order valence-corrected chi connectivity index (χ2v) is 11.2. The molecule has 4 heteroatoms.